The lowest BCUT2D eigenvalue weighted by Crippen LogP contribution is -2.38. The van der Waals surface area contributed by atoms with Crippen molar-refractivity contribution in [3.63, 3.8) is 0 Å². The molecule has 0 saturated carbocycles. The van der Waals surface area contributed by atoms with Crippen molar-refractivity contribution in [1.29, 1.82) is 0 Å². The predicted molar refractivity (Wildman–Crippen MR) is 91.9 cm³/mol. The Bertz CT molecular complexity index is 805. The summed E-state index contributed by atoms with van der Waals surface area (Å²) in [6.45, 7) is 6.20. The summed E-state index contributed by atoms with van der Waals surface area (Å²) in [6.07, 6.45) is 4.71. The molecule has 8 nitrogen and oxygen atoms in total. The normalized spacial score (nSPS) is 18.4. The van der Waals surface area contributed by atoms with Gasteiger partial charge in [-0.1, -0.05) is 13.8 Å². The van der Waals surface area contributed by atoms with Crippen LogP contribution in [0.4, 0.5) is 10.5 Å². The summed E-state index contributed by atoms with van der Waals surface area (Å²) in [7, 11) is 0. The number of fused-ring (bicyclic) bond motifs is 1. The maximum Gasteiger partial charge on any atom is 0.319 e. The molecule has 0 radical (unpaired) electrons. The number of nitrogens with one attached hydrogen (secondary N) is 2. The number of aromatic nitrogens is 2. The summed E-state index contributed by atoms with van der Waals surface area (Å²) in [6, 6.07) is 1.54. The first-order valence-electron chi connectivity index (χ1n) is 8.19. The van der Waals surface area contributed by atoms with E-state index in [1.54, 1.807) is 6.20 Å². The number of anilines is 1. The van der Waals surface area contributed by atoms with Crippen LogP contribution >= 0.6 is 0 Å². The van der Waals surface area contributed by atoms with Gasteiger partial charge in [0, 0.05) is 18.2 Å². The number of nitrogens with two attached hydrogens (primary N) is 1. The highest BCUT2D eigenvalue weighted by Gasteiger charge is 2.35. The topological polar surface area (TPSA) is 115 Å². The molecule has 134 valence electrons. The first-order chi connectivity index (χ1) is 11.7. The zero-order valence-corrected chi connectivity index (χ0v) is 14.6. The molecule has 1 aliphatic rings. The van der Waals surface area contributed by atoms with Crippen LogP contribution in [0.15, 0.2) is 22.9 Å². The number of carbonyl (C=O) groups is 2. The zero-order chi connectivity index (χ0) is 18.2. The SMILES string of the molecule is Cc1cc2c(o1)CC(C)(C)C[C@H]2NC(=O)Nc1cnn(CC(N)=O)c1. The maximum absolute atomic E-state index is 12.4. The largest absolute Gasteiger partial charge is 0.466 e. The Morgan fingerprint density at radius 3 is 2.96 bits per heavy atom. The van der Waals surface area contributed by atoms with Crippen molar-refractivity contribution in [2.45, 2.75) is 46.2 Å². The van der Waals surface area contributed by atoms with E-state index in [0.29, 0.717) is 5.69 Å². The second-order valence-corrected chi connectivity index (χ2v) is 7.32. The quantitative estimate of drug-likeness (QED) is 0.787. The number of nitrogens with zero attached hydrogens (tertiary/aromatic N) is 2. The van der Waals surface area contributed by atoms with Crippen molar-refractivity contribution in [1.82, 2.24) is 15.1 Å². The monoisotopic (exact) mass is 345 g/mol. The van der Waals surface area contributed by atoms with Crippen molar-refractivity contribution < 1.29 is 14.0 Å². The number of rotatable bonds is 4. The molecule has 1 atom stereocenters. The molecule has 0 saturated heterocycles. The van der Waals surface area contributed by atoms with Crippen LogP contribution < -0.4 is 16.4 Å². The van der Waals surface area contributed by atoms with E-state index in [9.17, 15) is 9.59 Å². The minimum Gasteiger partial charge on any atom is -0.466 e. The second kappa shape index (κ2) is 6.27. The van der Waals surface area contributed by atoms with Crippen LogP contribution in [0.2, 0.25) is 0 Å². The van der Waals surface area contributed by atoms with E-state index in [2.05, 4.69) is 29.6 Å². The average molecular weight is 345 g/mol. The lowest BCUT2D eigenvalue weighted by molar-refractivity contribution is -0.118. The Hall–Kier alpha value is -2.77. The summed E-state index contributed by atoms with van der Waals surface area (Å²) in [5, 5.41) is 9.71. The van der Waals surface area contributed by atoms with Gasteiger partial charge in [-0.25, -0.2) is 4.79 Å². The third kappa shape index (κ3) is 4.01. The predicted octanol–water partition coefficient (Wildman–Crippen LogP) is 2.11. The summed E-state index contributed by atoms with van der Waals surface area (Å²) in [5.74, 6) is 1.29. The highest BCUT2D eigenvalue weighted by molar-refractivity contribution is 5.89. The Balaban J connectivity index is 1.68. The van der Waals surface area contributed by atoms with E-state index in [4.69, 9.17) is 10.2 Å². The molecule has 25 heavy (non-hydrogen) atoms. The van der Waals surface area contributed by atoms with Crippen molar-refractivity contribution in [3.05, 3.63) is 35.5 Å². The van der Waals surface area contributed by atoms with Gasteiger partial charge in [0.25, 0.3) is 0 Å². The lowest BCUT2D eigenvalue weighted by Gasteiger charge is -2.34. The van der Waals surface area contributed by atoms with E-state index in [1.807, 2.05) is 13.0 Å². The minimum absolute atomic E-state index is 0.0300. The first kappa shape index (κ1) is 17.1. The molecule has 4 N–H and O–H groups in total. The first-order valence-corrected chi connectivity index (χ1v) is 8.19. The van der Waals surface area contributed by atoms with Gasteiger partial charge >= 0.3 is 6.03 Å². The lowest BCUT2D eigenvalue weighted by atomic mass is 9.75. The number of hydrogen-bond donors (Lipinski definition) is 3. The fourth-order valence-corrected chi connectivity index (χ4v) is 3.31. The van der Waals surface area contributed by atoms with Crippen LogP contribution in [-0.4, -0.2) is 21.7 Å². The smallest absolute Gasteiger partial charge is 0.319 e. The van der Waals surface area contributed by atoms with Crippen LogP contribution in [0.1, 0.15) is 43.4 Å². The van der Waals surface area contributed by atoms with Gasteiger partial charge in [0.2, 0.25) is 5.91 Å². The standard InChI is InChI=1S/C17H23N5O3/c1-10-4-12-13(5-17(2,3)6-14(12)25-10)21-16(24)20-11-7-19-22(8-11)9-15(18)23/h4,7-8,13H,5-6,9H2,1-3H3,(H2,18,23)(H2,20,21,24)/t13-/m1/s1. The van der Waals surface area contributed by atoms with Crippen LogP contribution in [-0.2, 0) is 17.8 Å². The molecule has 2 heterocycles. The van der Waals surface area contributed by atoms with Crippen molar-refractivity contribution >= 4 is 17.6 Å². The number of carbonyl (C=O) groups excluding carboxylic acids is 2. The van der Waals surface area contributed by atoms with Crippen LogP contribution in [0.25, 0.3) is 0 Å². The molecule has 0 aliphatic heterocycles. The number of hydrogen-bond acceptors (Lipinski definition) is 4. The van der Waals surface area contributed by atoms with E-state index < -0.39 is 5.91 Å². The molecule has 0 fully saturated rings. The summed E-state index contributed by atoms with van der Waals surface area (Å²) in [5.41, 5.74) is 6.70. The van der Waals surface area contributed by atoms with Crippen molar-refractivity contribution in [3.8, 4) is 0 Å². The van der Waals surface area contributed by atoms with Gasteiger partial charge in [-0.2, -0.15) is 5.10 Å². The Morgan fingerprint density at radius 2 is 2.24 bits per heavy atom. The molecule has 0 bridgehead atoms. The summed E-state index contributed by atoms with van der Waals surface area (Å²) in [4.78, 5) is 23.3. The van der Waals surface area contributed by atoms with Gasteiger partial charge in [-0.05, 0) is 24.8 Å². The summed E-state index contributed by atoms with van der Waals surface area (Å²) >= 11 is 0. The van der Waals surface area contributed by atoms with Gasteiger partial charge in [-0.3, -0.25) is 9.48 Å². The number of primary amides is 1. The summed E-state index contributed by atoms with van der Waals surface area (Å²) < 4.78 is 7.16. The van der Waals surface area contributed by atoms with E-state index in [-0.39, 0.29) is 24.0 Å². The van der Waals surface area contributed by atoms with Gasteiger partial charge in [-0.15, -0.1) is 0 Å². The molecule has 8 heteroatoms. The molecule has 2 aromatic heterocycles. The van der Waals surface area contributed by atoms with Crippen molar-refractivity contribution in [2.24, 2.45) is 11.1 Å². The molecular weight excluding hydrogens is 322 g/mol. The van der Waals surface area contributed by atoms with E-state index in [0.717, 1.165) is 29.9 Å². The van der Waals surface area contributed by atoms with Crippen LogP contribution in [0.3, 0.4) is 0 Å². The fourth-order valence-electron chi connectivity index (χ4n) is 3.31. The number of amides is 3. The third-order valence-electron chi connectivity index (χ3n) is 4.25. The van der Waals surface area contributed by atoms with Gasteiger partial charge in [0.15, 0.2) is 0 Å². The van der Waals surface area contributed by atoms with Gasteiger partial charge < -0.3 is 20.8 Å². The number of furan rings is 1. The Labute approximate surface area is 145 Å². The molecule has 2 aromatic rings. The third-order valence-corrected chi connectivity index (χ3v) is 4.25. The molecule has 0 aromatic carbocycles. The molecular formula is C17H23N5O3. The van der Waals surface area contributed by atoms with Gasteiger partial charge in [0.05, 0.1) is 17.9 Å². The van der Waals surface area contributed by atoms with Crippen LogP contribution in [0, 0.1) is 12.3 Å². The van der Waals surface area contributed by atoms with Crippen molar-refractivity contribution in [2.75, 3.05) is 5.32 Å². The van der Waals surface area contributed by atoms with E-state index in [1.165, 1.54) is 10.9 Å². The number of urea groups is 1. The zero-order valence-electron chi connectivity index (χ0n) is 14.6. The minimum atomic E-state index is -0.494. The molecule has 0 spiro atoms. The fraction of sp³-hybridized carbons (Fsp3) is 0.471. The Morgan fingerprint density at radius 1 is 1.48 bits per heavy atom. The maximum atomic E-state index is 12.4. The second-order valence-electron chi connectivity index (χ2n) is 7.32. The van der Waals surface area contributed by atoms with Crippen LogP contribution in [0.5, 0.6) is 0 Å². The van der Waals surface area contributed by atoms with E-state index >= 15 is 0 Å². The molecule has 3 amide bonds. The number of aryl methyl sites for hydroxylation is 1. The Kier molecular flexibility index (Phi) is 4.28. The molecule has 3 rings (SSSR count). The highest BCUT2D eigenvalue weighted by Crippen LogP contribution is 2.41. The highest BCUT2D eigenvalue weighted by atomic mass is 16.3. The average Bonchev–Trinajstić information content (AvgIpc) is 3.02. The van der Waals surface area contributed by atoms with Gasteiger partial charge in [0.1, 0.15) is 18.1 Å². The molecule has 1 aliphatic carbocycles. The molecule has 0 unspecified atom stereocenters.